The van der Waals surface area contributed by atoms with E-state index in [0.29, 0.717) is 12.1 Å². The van der Waals surface area contributed by atoms with Crippen LogP contribution in [0, 0.1) is 17.9 Å². The summed E-state index contributed by atoms with van der Waals surface area (Å²) in [5, 5.41) is 3.70. The largest absolute Gasteiger partial charge is 0.443 e. The van der Waals surface area contributed by atoms with E-state index < -0.39 is 0 Å². The molecule has 1 aliphatic heterocycles. The van der Waals surface area contributed by atoms with E-state index in [1.165, 1.54) is 25.7 Å². The van der Waals surface area contributed by atoms with Gasteiger partial charge in [-0.05, 0) is 44.9 Å². The SMILES string of the molecule is CC#COC1CCC2NC(C)CCC2C1. The van der Waals surface area contributed by atoms with Gasteiger partial charge in [-0.2, -0.15) is 0 Å². The third kappa shape index (κ3) is 2.66. The first kappa shape index (κ1) is 10.8. The van der Waals surface area contributed by atoms with Gasteiger partial charge >= 0.3 is 0 Å². The first-order chi connectivity index (χ1) is 7.29. The molecule has 15 heavy (non-hydrogen) atoms. The minimum absolute atomic E-state index is 0.383. The van der Waals surface area contributed by atoms with Crippen molar-refractivity contribution in [2.45, 2.75) is 64.1 Å². The van der Waals surface area contributed by atoms with Crippen LogP contribution in [0.3, 0.4) is 0 Å². The van der Waals surface area contributed by atoms with Gasteiger partial charge < -0.3 is 10.1 Å². The average Bonchev–Trinajstić information content (AvgIpc) is 2.26. The van der Waals surface area contributed by atoms with Gasteiger partial charge in [-0.3, -0.25) is 0 Å². The van der Waals surface area contributed by atoms with Crippen LogP contribution in [0.4, 0.5) is 0 Å². The molecule has 2 rings (SSSR count). The van der Waals surface area contributed by atoms with Crippen molar-refractivity contribution in [2.75, 3.05) is 0 Å². The van der Waals surface area contributed by atoms with E-state index in [9.17, 15) is 0 Å². The lowest BCUT2D eigenvalue weighted by Gasteiger charge is -2.41. The molecule has 4 atom stereocenters. The smallest absolute Gasteiger partial charge is 0.111 e. The summed E-state index contributed by atoms with van der Waals surface area (Å²) in [7, 11) is 0. The Morgan fingerprint density at radius 2 is 2.07 bits per heavy atom. The molecule has 0 aromatic rings. The van der Waals surface area contributed by atoms with Crippen molar-refractivity contribution < 1.29 is 4.74 Å². The van der Waals surface area contributed by atoms with Crippen LogP contribution >= 0.6 is 0 Å². The summed E-state index contributed by atoms with van der Waals surface area (Å²) in [5.74, 6) is 3.62. The second-order valence-corrected chi connectivity index (χ2v) is 4.92. The highest BCUT2D eigenvalue weighted by Gasteiger charge is 2.34. The molecule has 1 heterocycles. The van der Waals surface area contributed by atoms with Crippen molar-refractivity contribution in [1.82, 2.24) is 5.32 Å². The highest BCUT2D eigenvalue weighted by molar-refractivity contribution is 4.93. The van der Waals surface area contributed by atoms with E-state index in [0.717, 1.165) is 18.4 Å². The standard InChI is InChI=1S/C13H21NO/c1-3-8-15-12-6-7-13-11(9-12)5-4-10(2)14-13/h10-14H,4-7,9H2,1-2H3. The summed E-state index contributed by atoms with van der Waals surface area (Å²) in [4.78, 5) is 0. The van der Waals surface area contributed by atoms with Crippen LogP contribution in [-0.2, 0) is 4.74 Å². The fraction of sp³-hybridized carbons (Fsp3) is 0.846. The Balaban J connectivity index is 1.86. The molecule has 1 aliphatic carbocycles. The Morgan fingerprint density at radius 3 is 2.87 bits per heavy atom. The van der Waals surface area contributed by atoms with E-state index in [2.05, 4.69) is 24.3 Å². The molecule has 2 aliphatic rings. The second-order valence-electron chi connectivity index (χ2n) is 4.92. The summed E-state index contributed by atoms with van der Waals surface area (Å²) in [5.41, 5.74) is 0. The molecule has 0 radical (unpaired) electrons. The maximum absolute atomic E-state index is 5.52. The molecule has 84 valence electrons. The summed E-state index contributed by atoms with van der Waals surface area (Å²) in [6, 6.07) is 1.45. The molecule has 0 aromatic carbocycles. The van der Waals surface area contributed by atoms with Gasteiger partial charge in [0, 0.05) is 19.0 Å². The number of nitrogens with one attached hydrogen (secondary N) is 1. The van der Waals surface area contributed by atoms with E-state index in [-0.39, 0.29) is 0 Å². The van der Waals surface area contributed by atoms with Crippen LogP contribution in [0.5, 0.6) is 0 Å². The van der Waals surface area contributed by atoms with Gasteiger partial charge in [-0.25, -0.2) is 0 Å². The summed E-state index contributed by atoms with van der Waals surface area (Å²) in [6.07, 6.45) is 9.42. The molecule has 1 N–H and O–H groups in total. The first-order valence-electron chi connectivity index (χ1n) is 6.13. The summed E-state index contributed by atoms with van der Waals surface area (Å²) >= 11 is 0. The maximum Gasteiger partial charge on any atom is 0.111 e. The lowest BCUT2D eigenvalue weighted by Crippen LogP contribution is -2.49. The lowest BCUT2D eigenvalue weighted by atomic mass is 9.77. The van der Waals surface area contributed by atoms with Crippen molar-refractivity contribution >= 4 is 0 Å². The molecule has 2 heteroatoms. The Hall–Kier alpha value is -0.680. The zero-order valence-corrected chi connectivity index (χ0v) is 9.75. The van der Waals surface area contributed by atoms with Gasteiger partial charge in [0.1, 0.15) is 12.2 Å². The third-order valence-electron chi connectivity index (χ3n) is 3.73. The molecular weight excluding hydrogens is 186 g/mol. The van der Waals surface area contributed by atoms with Gasteiger partial charge in [0.25, 0.3) is 0 Å². The molecule has 4 unspecified atom stereocenters. The Morgan fingerprint density at radius 1 is 1.20 bits per heavy atom. The van der Waals surface area contributed by atoms with Crippen LogP contribution < -0.4 is 5.32 Å². The van der Waals surface area contributed by atoms with Crippen molar-refractivity contribution in [3.8, 4) is 12.0 Å². The van der Waals surface area contributed by atoms with E-state index in [1.807, 2.05) is 6.92 Å². The molecule has 2 fully saturated rings. The van der Waals surface area contributed by atoms with Gasteiger partial charge in [0.2, 0.25) is 0 Å². The number of fused-ring (bicyclic) bond motifs is 1. The Kier molecular flexibility index (Phi) is 3.53. The number of rotatable bonds is 1. The molecule has 1 saturated heterocycles. The molecule has 0 spiro atoms. The number of hydrogen-bond acceptors (Lipinski definition) is 2. The highest BCUT2D eigenvalue weighted by atomic mass is 16.5. The minimum Gasteiger partial charge on any atom is -0.443 e. The lowest BCUT2D eigenvalue weighted by molar-refractivity contribution is 0.0583. The highest BCUT2D eigenvalue weighted by Crippen LogP contribution is 2.33. The first-order valence-corrected chi connectivity index (χ1v) is 6.13. The summed E-state index contributed by atoms with van der Waals surface area (Å²) < 4.78 is 5.52. The van der Waals surface area contributed by atoms with Crippen LogP contribution in [0.15, 0.2) is 0 Å². The normalized spacial score (nSPS) is 39.9. The van der Waals surface area contributed by atoms with E-state index in [1.54, 1.807) is 0 Å². The molecule has 1 saturated carbocycles. The number of piperidine rings is 1. The van der Waals surface area contributed by atoms with Crippen molar-refractivity contribution in [3.63, 3.8) is 0 Å². The minimum atomic E-state index is 0.383. The topological polar surface area (TPSA) is 21.3 Å². The van der Waals surface area contributed by atoms with E-state index in [4.69, 9.17) is 4.74 Å². The van der Waals surface area contributed by atoms with Crippen molar-refractivity contribution in [3.05, 3.63) is 0 Å². The second kappa shape index (κ2) is 4.90. The number of ether oxygens (including phenoxy) is 1. The molecular formula is C13H21NO. The van der Waals surface area contributed by atoms with Crippen LogP contribution in [0.2, 0.25) is 0 Å². The van der Waals surface area contributed by atoms with Gasteiger partial charge in [0.15, 0.2) is 0 Å². The van der Waals surface area contributed by atoms with Crippen LogP contribution in [0.25, 0.3) is 0 Å². The summed E-state index contributed by atoms with van der Waals surface area (Å²) in [6.45, 7) is 4.12. The predicted octanol–water partition coefficient (Wildman–Crippen LogP) is 2.29. The maximum atomic E-state index is 5.52. The zero-order chi connectivity index (χ0) is 10.7. The van der Waals surface area contributed by atoms with Crippen LogP contribution in [-0.4, -0.2) is 18.2 Å². The van der Waals surface area contributed by atoms with Crippen molar-refractivity contribution in [1.29, 1.82) is 0 Å². The van der Waals surface area contributed by atoms with Crippen LogP contribution in [0.1, 0.15) is 46.0 Å². The van der Waals surface area contributed by atoms with E-state index >= 15 is 0 Å². The van der Waals surface area contributed by atoms with Gasteiger partial charge in [0.05, 0.1) is 0 Å². The predicted molar refractivity (Wildman–Crippen MR) is 61.3 cm³/mol. The third-order valence-corrected chi connectivity index (χ3v) is 3.73. The Bertz CT molecular complexity index is 265. The molecule has 0 aromatic heterocycles. The fourth-order valence-electron chi connectivity index (χ4n) is 2.92. The number of hydrogen-bond donors (Lipinski definition) is 1. The van der Waals surface area contributed by atoms with Gasteiger partial charge in [-0.15, -0.1) is 0 Å². The quantitative estimate of drug-likeness (QED) is 0.666. The molecule has 0 bridgehead atoms. The monoisotopic (exact) mass is 207 g/mol. The molecule has 2 nitrogen and oxygen atoms in total. The zero-order valence-electron chi connectivity index (χ0n) is 9.75. The fourth-order valence-corrected chi connectivity index (χ4v) is 2.92. The molecule has 0 amide bonds. The Labute approximate surface area is 92.8 Å². The average molecular weight is 207 g/mol. The van der Waals surface area contributed by atoms with Gasteiger partial charge in [-0.1, -0.05) is 5.92 Å². The van der Waals surface area contributed by atoms with Crippen molar-refractivity contribution in [2.24, 2.45) is 5.92 Å².